The highest BCUT2D eigenvalue weighted by atomic mass is 19.4. The Morgan fingerprint density at radius 3 is 2.52 bits per heavy atom. The van der Waals surface area contributed by atoms with E-state index in [1.54, 1.807) is 12.1 Å². The summed E-state index contributed by atoms with van der Waals surface area (Å²) in [4.78, 5) is 5.64. The Bertz CT molecular complexity index is 1700. The van der Waals surface area contributed by atoms with Gasteiger partial charge in [-0.05, 0) is 61.6 Å². The largest absolute Gasteiger partial charge is 0.416 e. The standard InChI is InChI=1S/C33H33F3N4/c1-6-20-11-9-12-22-26-16-19(2)27-25(14-15-37-27)32(26,5)30-23-18-39(31(3,4)29(23)38-40(30)28(20)22)17-21-10-7-8-13-24(21)33(34,35)36/h7-16,19,37H,6,17-18H2,1-5H3. The van der Waals surface area contributed by atoms with Crippen LogP contribution in [-0.4, -0.2) is 19.7 Å². The number of aryl methyl sites for hydroxylation is 1. The van der Waals surface area contributed by atoms with E-state index in [2.05, 4.69) is 79.5 Å². The van der Waals surface area contributed by atoms with Crippen molar-refractivity contribution in [1.29, 1.82) is 0 Å². The number of H-pyrrole nitrogens is 1. The number of rotatable bonds is 3. The van der Waals surface area contributed by atoms with Crippen LogP contribution >= 0.6 is 0 Å². The molecule has 2 aromatic carbocycles. The smallest absolute Gasteiger partial charge is 0.364 e. The molecule has 4 aromatic rings. The van der Waals surface area contributed by atoms with Gasteiger partial charge in [0.1, 0.15) is 0 Å². The maximum Gasteiger partial charge on any atom is 0.416 e. The predicted molar refractivity (Wildman–Crippen MR) is 150 cm³/mol. The number of alkyl halides is 3. The van der Waals surface area contributed by atoms with E-state index in [-0.39, 0.29) is 12.5 Å². The van der Waals surface area contributed by atoms with Gasteiger partial charge >= 0.3 is 6.18 Å². The molecular formula is C33H33F3N4. The van der Waals surface area contributed by atoms with E-state index in [0.717, 1.165) is 29.1 Å². The number of aromatic amines is 1. The van der Waals surface area contributed by atoms with Crippen LogP contribution in [0.5, 0.6) is 0 Å². The number of nitrogens with zero attached hydrogens (tertiary/aromatic N) is 3. The van der Waals surface area contributed by atoms with Gasteiger partial charge < -0.3 is 4.98 Å². The summed E-state index contributed by atoms with van der Waals surface area (Å²) in [6.45, 7) is 11.6. The van der Waals surface area contributed by atoms with Crippen molar-refractivity contribution in [2.45, 2.75) is 77.2 Å². The zero-order chi connectivity index (χ0) is 28.2. The molecule has 2 atom stereocenters. The molecule has 0 spiro atoms. The van der Waals surface area contributed by atoms with Gasteiger partial charge in [0, 0.05) is 42.0 Å². The number of hydrogen-bond acceptors (Lipinski definition) is 2. The second-order valence-electron chi connectivity index (χ2n) is 12.1. The Morgan fingerprint density at radius 2 is 1.77 bits per heavy atom. The van der Waals surface area contributed by atoms with Crippen LogP contribution < -0.4 is 0 Å². The van der Waals surface area contributed by atoms with Gasteiger partial charge in [0.05, 0.1) is 33.6 Å². The van der Waals surface area contributed by atoms with Crippen molar-refractivity contribution in [1.82, 2.24) is 19.7 Å². The van der Waals surface area contributed by atoms with Gasteiger partial charge in [-0.25, -0.2) is 4.68 Å². The van der Waals surface area contributed by atoms with Crippen molar-refractivity contribution in [3.63, 3.8) is 0 Å². The van der Waals surface area contributed by atoms with Crippen molar-refractivity contribution >= 4 is 5.57 Å². The average Bonchev–Trinajstić information content (AvgIpc) is 3.61. The number of allylic oxidation sites excluding steroid dienone is 2. The highest BCUT2D eigenvalue weighted by Crippen LogP contribution is 2.58. The lowest BCUT2D eigenvalue weighted by atomic mass is 9.63. The summed E-state index contributed by atoms with van der Waals surface area (Å²) in [6.07, 6.45) is 0.891. The van der Waals surface area contributed by atoms with Gasteiger partial charge in [0.25, 0.3) is 0 Å². The van der Waals surface area contributed by atoms with Gasteiger partial charge in [-0.3, -0.25) is 4.90 Å². The van der Waals surface area contributed by atoms with Crippen molar-refractivity contribution in [2.24, 2.45) is 0 Å². The van der Waals surface area contributed by atoms with Crippen LogP contribution in [0.15, 0.2) is 60.8 Å². The summed E-state index contributed by atoms with van der Waals surface area (Å²) < 4.78 is 43.8. The molecule has 0 saturated carbocycles. The number of aromatic nitrogens is 3. The van der Waals surface area contributed by atoms with E-state index in [4.69, 9.17) is 5.10 Å². The van der Waals surface area contributed by atoms with Crippen molar-refractivity contribution in [3.05, 3.63) is 111 Å². The van der Waals surface area contributed by atoms with Gasteiger partial charge in [0.2, 0.25) is 0 Å². The maximum atomic E-state index is 13.9. The van der Waals surface area contributed by atoms with Gasteiger partial charge in [-0.15, -0.1) is 0 Å². The number of para-hydroxylation sites is 1. The Kier molecular flexibility index (Phi) is 5.22. The second-order valence-corrected chi connectivity index (χ2v) is 12.1. The molecule has 206 valence electrons. The number of halogens is 3. The number of nitrogens with one attached hydrogen (secondary N) is 1. The predicted octanol–water partition coefficient (Wildman–Crippen LogP) is 7.85. The van der Waals surface area contributed by atoms with Crippen LogP contribution in [0.1, 0.15) is 91.0 Å². The third kappa shape index (κ3) is 3.21. The monoisotopic (exact) mass is 542 g/mol. The Labute approximate surface area is 232 Å². The highest BCUT2D eigenvalue weighted by Gasteiger charge is 2.53. The van der Waals surface area contributed by atoms with Crippen LogP contribution in [0, 0.1) is 0 Å². The fourth-order valence-electron chi connectivity index (χ4n) is 7.50. The molecule has 2 aromatic heterocycles. The van der Waals surface area contributed by atoms with E-state index in [1.807, 2.05) is 6.20 Å². The number of fused-ring (bicyclic) bond motifs is 10. The molecule has 0 amide bonds. The fraction of sp³-hybridized carbons (Fsp3) is 0.364. The first kappa shape index (κ1) is 25.4. The Morgan fingerprint density at radius 1 is 1.02 bits per heavy atom. The molecule has 7 rings (SSSR count). The first-order valence-electron chi connectivity index (χ1n) is 14.0. The van der Waals surface area contributed by atoms with E-state index in [0.29, 0.717) is 12.1 Å². The minimum absolute atomic E-state index is 0.196. The summed E-state index contributed by atoms with van der Waals surface area (Å²) in [5.74, 6) is 0.237. The van der Waals surface area contributed by atoms with Crippen LogP contribution in [0.4, 0.5) is 13.2 Å². The first-order valence-corrected chi connectivity index (χ1v) is 14.0. The normalized spacial score (nSPS) is 22.7. The molecule has 1 N–H and O–H groups in total. The summed E-state index contributed by atoms with van der Waals surface area (Å²) in [5, 5.41) is 5.32. The first-order chi connectivity index (χ1) is 19.0. The van der Waals surface area contributed by atoms with Crippen molar-refractivity contribution < 1.29 is 13.2 Å². The Balaban J connectivity index is 1.44. The molecule has 0 saturated heterocycles. The highest BCUT2D eigenvalue weighted by molar-refractivity contribution is 5.89. The molecule has 40 heavy (non-hydrogen) atoms. The third-order valence-electron chi connectivity index (χ3n) is 9.59. The lowest BCUT2D eigenvalue weighted by Crippen LogP contribution is -2.39. The van der Waals surface area contributed by atoms with Gasteiger partial charge in [0.15, 0.2) is 0 Å². The molecule has 1 aliphatic carbocycles. The van der Waals surface area contributed by atoms with E-state index in [9.17, 15) is 13.2 Å². The molecule has 3 aliphatic rings. The molecule has 4 heterocycles. The molecule has 2 aliphatic heterocycles. The van der Waals surface area contributed by atoms with Crippen LogP contribution in [0.25, 0.3) is 11.3 Å². The molecule has 7 heteroatoms. The molecule has 4 nitrogen and oxygen atoms in total. The van der Waals surface area contributed by atoms with Crippen molar-refractivity contribution in [3.8, 4) is 5.69 Å². The average molecular weight is 543 g/mol. The number of benzene rings is 2. The minimum Gasteiger partial charge on any atom is -0.364 e. The zero-order valence-corrected chi connectivity index (χ0v) is 23.4. The third-order valence-corrected chi connectivity index (χ3v) is 9.59. The quantitative estimate of drug-likeness (QED) is 0.286. The summed E-state index contributed by atoms with van der Waals surface area (Å²) in [6, 6.07) is 14.6. The lowest BCUT2D eigenvalue weighted by molar-refractivity contribution is -0.138. The van der Waals surface area contributed by atoms with E-state index in [1.165, 1.54) is 40.1 Å². The SMILES string of the molecule is CCc1cccc2c1-n1nc3c(c1C1(C)C2=CC(C)c2[nH]ccc21)CN(Cc1ccccc1C(F)(F)F)C3(C)C. The summed E-state index contributed by atoms with van der Waals surface area (Å²) in [7, 11) is 0. The lowest BCUT2D eigenvalue weighted by Gasteiger charge is -2.43. The van der Waals surface area contributed by atoms with E-state index >= 15 is 0 Å². The molecule has 0 bridgehead atoms. The number of hydrogen-bond donors (Lipinski definition) is 1. The Hall–Kier alpha value is -3.58. The second kappa shape index (κ2) is 8.23. The fourth-order valence-corrected chi connectivity index (χ4v) is 7.50. The summed E-state index contributed by atoms with van der Waals surface area (Å²) in [5.41, 5.74) is 9.24. The topological polar surface area (TPSA) is 36.9 Å². The molecule has 2 unspecified atom stereocenters. The molecule has 0 fully saturated rings. The van der Waals surface area contributed by atoms with E-state index < -0.39 is 22.7 Å². The van der Waals surface area contributed by atoms with Gasteiger partial charge in [-0.1, -0.05) is 56.3 Å². The van der Waals surface area contributed by atoms with Crippen LogP contribution in [0.3, 0.4) is 0 Å². The summed E-state index contributed by atoms with van der Waals surface area (Å²) >= 11 is 0. The van der Waals surface area contributed by atoms with Crippen LogP contribution in [-0.2, 0) is 36.6 Å². The van der Waals surface area contributed by atoms with Gasteiger partial charge in [-0.2, -0.15) is 18.3 Å². The van der Waals surface area contributed by atoms with Crippen molar-refractivity contribution in [2.75, 3.05) is 0 Å². The molecular weight excluding hydrogens is 509 g/mol. The maximum absolute atomic E-state index is 13.9. The van der Waals surface area contributed by atoms with Crippen LogP contribution in [0.2, 0.25) is 0 Å². The molecule has 0 radical (unpaired) electrons. The zero-order valence-electron chi connectivity index (χ0n) is 23.4. The minimum atomic E-state index is -4.40.